The lowest BCUT2D eigenvalue weighted by Crippen LogP contribution is -2.35. The monoisotopic (exact) mass is 337 g/mol. The van der Waals surface area contributed by atoms with E-state index in [1.807, 2.05) is 24.3 Å². The Labute approximate surface area is 149 Å². The van der Waals surface area contributed by atoms with Crippen LogP contribution in [0, 0.1) is 18.1 Å². The predicted octanol–water partition coefficient (Wildman–Crippen LogP) is 3.72. The first-order valence-electron chi connectivity index (χ1n) is 8.52. The van der Waals surface area contributed by atoms with Crippen molar-refractivity contribution < 1.29 is 14.3 Å². The summed E-state index contributed by atoms with van der Waals surface area (Å²) in [7, 11) is 0. The molecule has 1 unspecified atom stereocenters. The van der Waals surface area contributed by atoms with Crippen molar-refractivity contribution in [2.24, 2.45) is 5.92 Å². The number of ether oxygens (including phenoxy) is 1. The largest absolute Gasteiger partial charge is 0.466 e. The van der Waals surface area contributed by atoms with Crippen molar-refractivity contribution in [3.63, 3.8) is 0 Å². The molecule has 0 N–H and O–H groups in total. The van der Waals surface area contributed by atoms with E-state index < -0.39 is 0 Å². The SMILES string of the molecule is CCOC(=O)CCN(C(=O)c1cc#ccc1)/C1=C/C=C\C=C\CC1C. The number of amides is 1. The number of rotatable bonds is 6. The fourth-order valence-corrected chi connectivity index (χ4v) is 2.64. The highest BCUT2D eigenvalue weighted by Gasteiger charge is 2.24. The summed E-state index contributed by atoms with van der Waals surface area (Å²) in [5.74, 6) is -0.292. The number of nitrogens with zero attached hydrogens (tertiary/aromatic N) is 1. The van der Waals surface area contributed by atoms with Crippen LogP contribution in [0.4, 0.5) is 0 Å². The fourth-order valence-electron chi connectivity index (χ4n) is 2.64. The normalized spacial score (nSPS) is 20.9. The maximum atomic E-state index is 13.0. The number of allylic oxidation sites excluding steroid dienone is 6. The zero-order chi connectivity index (χ0) is 18.1. The van der Waals surface area contributed by atoms with Gasteiger partial charge in [0.15, 0.2) is 0 Å². The molecule has 1 aromatic rings. The average molecular weight is 337 g/mol. The van der Waals surface area contributed by atoms with E-state index in [1.54, 1.807) is 30.0 Å². The second kappa shape index (κ2) is 9.48. The Balaban J connectivity index is 2.27. The smallest absolute Gasteiger partial charge is 0.307 e. The molecule has 1 atom stereocenters. The Morgan fingerprint density at radius 2 is 2.12 bits per heavy atom. The van der Waals surface area contributed by atoms with Crippen LogP contribution in [0.5, 0.6) is 0 Å². The number of hydrogen-bond acceptors (Lipinski definition) is 3. The average Bonchev–Trinajstić information content (AvgIpc) is 2.61. The van der Waals surface area contributed by atoms with Gasteiger partial charge in [0.05, 0.1) is 13.0 Å². The molecule has 1 aliphatic rings. The molecule has 130 valence electrons. The molecule has 0 aromatic heterocycles. The van der Waals surface area contributed by atoms with E-state index in [0.717, 1.165) is 12.1 Å². The van der Waals surface area contributed by atoms with E-state index in [0.29, 0.717) is 12.2 Å². The second-order valence-electron chi connectivity index (χ2n) is 5.77. The van der Waals surface area contributed by atoms with Crippen molar-refractivity contribution in [1.29, 1.82) is 0 Å². The molecule has 0 saturated carbocycles. The van der Waals surface area contributed by atoms with Gasteiger partial charge in [0.25, 0.3) is 5.91 Å². The lowest BCUT2D eigenvalue weighted by molar-refractivity contribution is -0.143. The van der Waals surface area contributed by atoms with E-state index in [9.17, 15) is 9.59 Å². The minimum Gasteiger partial charge on any atom is -0.466 e. The molecule has 25 heavy (non-hydrogen) atoms. The molecule has 2 rings (SSSR count). The van der Waals surface area contributed by atoms with Gasteiger partial charge in [-0.15, -0.1) is 0 Å². The Hall–Kier alpha value is -2.80. The molecule has 1 amide bonds. The van der Waals surface area contributed by atoms with Gasteiger partial charge in [-0.1, -0.05) is 43.4 Å². The van der Waals surface area contributed by atoms with E-state index in [1.165, 1.54) is 0 Å². The van der Waals surface area contributed by atoms with Crippen molar-refractivity contribution in [3.05, 3.63) is 72.0 Å². The lowest BCUT2D eigenvalue weighted by atomic mass is 9.99. The maximum absolute atomic E-state index is 13.0. The zero-order valence-corrected chi connectivity index (χ0v) is 14.7. The van der Waals surface area contributed by atoms with Crippen LogP contribution in [0.15, 0.2) is 54.3 Å². The summed E-state index contributed by atoms with van der Waals surface area (Å²) < 4.78 is 5.00. The Bertz CT molecular complexity index is 674. The van der Waals surface area contributed by atoms with E-state index in [-0.39, 0.29) is 30.8 Å². The fraction of sp³-hybridized carbons (Fsp3) is 0.333. The third kappa shape index (κ3) is 5.36. The molecular weight excluding hydrogens is 314 g/mol. The predicted molar refractivity (Wildman–Crippen MR) is 96.5 cm³/mol. The number of carbonyl (C=O) groups is 2. The third-order valence-corrected chi connectivity index (χ3v) is 3.93. The molecule has 0 bridgehead atoms. The van der Waals surface area contributed by atoms with Crippen LogP contribution in [0.2, 0.25) is 0 Å². The summed E-state index contributed by atoms with van der Waals surface area (Å²) in [5.41, 5.74) is 1.42. The van der Waals surface area contributed by atoms with Crippen LogP contribution < -0.4 is 0 Å². The van der Waals surface area contributed by atoms with Gasteiger partial charge in [-0.05, 0) is 37.5 Å². The van der Waals surface area contributed by atoms with Gasteiger partial charge in [-0.3, -0.25) is 9.59 Å². The van der Waals surface area contributed by atoms with Crippen molar-refractivity contribution in [1.82, 2.24) is 4.90 Å². The molecule has 1 aromatic carbocycles. The first kappa shape index (κ1) is 18.5. The van der Waals surface area contributed by atoms with Gasteiger partial charge in [-0.2, -0.15) is 0 Å². The van der Waals surface area contributed by atoms with Gasteiger partial charge in [0.1, 0.15) is 0 Å². The Morgan fingerprint density at radius 1 is 1.28 bits per heavy atom. The lowest BCUT2D eigenvalue weighted by Gasteiger charge is -2.29. The molecule has 4 nitrogen and oxygen atoms in total. The van der Waals surface area contributed by atoms with Gasteiger partial charge < -0.3 is 9.64 Å². The maximum Gasteiger partial charge on any atom is 0.307 e. The van der Waals surface area contributed by atoms with Gasteiger partial charge >= 0.3 is 5.97 Å². The zero-order valence-electron chi connectivity index (χ0n) is 14.7. The summed E-state index contributed by atoms with van der Waals surface area (Å²) >= 11 is 0. The van der Waals surface area contributed by atoms with E-state index in [2.05, 4.69) is 25.1 Å². The van der Waals surface area contributed by atoms with E-state index in [4.69, 9.17) is 4.74 Å². The van der Waals surface area contributed by atoms with Crippen molar-refractivity contribution in [2.45, 2.75) is 26.7 Å². The molecule has 0 fully saturated rings. The number of esters is 1. The van der Waals surface area contributed by atoms with Crippen LogP contribution in [0.3, 0.4) is 0 Å². The highest BCUT2D eigenvalue weighted by atomic mass is 16.5. The Morgan fingerprint density at radius 3 is 2.84 bits per heavy atom. The van der Waals surface area contributed by atoms with Gasteiger partial charge in [0.2, 0.25) is 0 Å². The molecular formula is C21H23NO3. The van der Waals surface area contributed by atoms with Crippen LogP contribution in [0.25, 0.3) is 0 Å². The molecule has 1 aliphatic carbocycles. The summed E-state index contributed by atoms with van der Waals surface area (Å²) in [4.78, 5) is 26.5. The molecule has 0 spiro atoms. The first-order valence-corrected chi connectivity index (χ1v) is 8.52. The van der Waals surface area contributed by atoms with Crippen LogP contribution in [-0.2, 0) is 9.53 Å². The summed E-state index contributed by atoms with van der Waals surface area (Å²) in [6.07, 6.45) is 10.8. The summed E-state index contributed by atoms with van der Waals surface area (Å²) in [6, 6.07) is 10.6. The summed E-state index contributed by atoms with van der Waals surface area (Å²) in [5, 5.41) is 0. The summed E-state index contributed by atoms with van der Waals surface area (Å²) in [6.45, 7) is 4.46. The molecule has 0 aliphatic heterocycles. The molecule has 0 saturated heterocycles. The second-order valence-corrected chi connectivity index (χ2v) is 5.77. The Kier molecular flexibility index (Phi) is 7.03. The standard InChI is InChI=1S/C21H23NO3/c1-3-25-20(23)15-16-22(21(24)18-12-8-6-9-13-18)19-14-10-5-4-7-11-17(19)2/h4-5,7-8,10,12-14,17H,3,11,15-16H2,1-2H3/b7-4+,10-5-,19-14+. The van der Waals surface area contributed by atoms with Crippen LogP contribution in [-0.4, -0.2) is 29.9 Å². The topological polar surface area (TPSA) is 46.6 Å². The quantitative estimate of drug-likeness (QED) is 0.743. The minimum absolute atomic E-state index is 0.148. The molecule has 4 heteroatoms. The third-order valence-electron chi connectivity index (χ3n) is 3.93. The van der Waals surface area contributed by atoms with Gasteiger partial charge in [0, 0.05) is 23.9 Å². The number of carbonyl (C=O) groups excluding carboxylic acids is 2. The van der Waals surface area contributed by atoms with E-state index >= 15 is 0 Å². The highest BCUT2D eigenvalue weighted by Crippen LogP contribution is 2.23. The van der Waals surface area contributed by atoms with Crippen molar-refractivity contribution in [3.8, 4) is 0 Å². The van der Waals surface area contributed by atoms with Crippen LogP contribution >= 0.6 is 0 Å². The van der Waals surface area contributed by atoms with Crippen molar-refractivity contribution >= 4 is 11.9 Å². The van der Waals surface area contributed by atoms with Crippen LogP contribution in [0.1, 0.15) is 37.0 Å². The minimum atomic E-state index is -0.303. The molecule has 0 heterocycles. The molecule has 0 radical (unpaired) electrons. The first-order chi connectivity index (χ1) is 12.1. The number of hydrogen-bond donors (Lipinski definition) is 0. The van der Waals surface area contributed by atoms with Gasteiger partial charge in [-0.25, -0.2) is 0 Å². The van der Waals surface area contributed by atoms with Crippen molar-refractivity contribution in [2.75, 3.05) is 13.2 Å². The highest BCUT2D eigenvalue weighted by molar-refractivity contribution is 5.95.